The number of nitrogens with zero attached hydrogens (tertiary/aromatic N) is 2. The molecular weight excluding hydrogens is 232 g/mol. The highest BCUT2D eigenvalue weighted by Gasteiger charge is 2.13. The Morgan fingerprint density at radius 3 is 1.22 bits per heavy atom. The SMILES string of the molecule is CCN(CC)CNC(=O)C(=O)NCN(CC)CC. The summed E-state index contributed by atoms with van der Waals surface area (Å²) in [5.74, 6) is -1.15. The van der Waals surface area contributed by atoms with E-state index in [2.05, 4.69) is 10.6 Å². The molecule has 2 N–H and O–H groups in total. The lowest BCUT2D eigenvalue weighted by atomic mass is 10.5. The first kappa shape index (κ1) is 16.9. The van der Waals surface area contributed by atoms with Crippen LogP contribution in [0.2, 0.25) is 0 Å². The fraction of sp³-hybridized carbons (Fsp3) is 0.833. The molecule has 0 saturated heterocycles. The Labute approximate surface area is 110 Å². The molecule has 6 nitrogen and oxygen atoms in total. The van der Waals surface area contributed by atoms with Gasteiger partial charge in [0.1, 0.15) is 0 Å². The number of carbonyl (C=O) groups is 2. The third-order valence-electron chi connectivity index (χ3n) is 2.92. The summed E-state index contributed by atoms with van der Waals surface area (Å²) in [4.78, 5) is 27.0. The van der Waals surface area contributed by atoms with Crippen molar-refractivity contribution in [3.63, 3.8) is 0 Å². The van der Waals surface area contributed by atoms with Crippen molar-refractivity contribution in [2.45, 2.75) is 27.7 Å². The molecule has 0 radical (unpaired) electrons. The molecule has 0 atom stereocenters. The zero-order valence-corrected chi connectivity index (χ0v) is 12.0. The van der Waals surface area contributed by atoms with Gasteiger partial charge >= 0.3 is 11.8 Å². The predicted octanol–water partition coefficient (Wildman–Crippen LogP) is -0.183. The third kappa shape index (κ3) is 6.56. The van der Waals surface area contributed by atoms with Crippen molar-refractivity contribution in [2.24, 2.45) is 0 Å². The van der Waals surface area contributed by atoms with E-state index in [0.717, 1.165) is 26.2 Å². The zero-order valence-electron chi connectivity index (χ0n) is 12.0. The summed E-state index contributed by atoms with van der Waals surface area (Å²) in [7, 11) is 0. The van der Waals surface area contributed by atoms with Gasteiger partial charge < -0.3 is 10.6 Å². The molecule has 2 amide bonds. The lowest BCUT2D eigenvalue weighted by Crippen LogP contribution is -2.47. The van der Waals surface area contributed by atoms with Crippen LogP contribution in [0.5, 0.6) is 0 Å². The standard InChI is InChI=1S/C12H26N4O2/c1-5-15(6-2)9-13-11(17)12(18)14-10-16(7-3)8-4/h5-10H2,1-4H3,(H,13,17)(H,14,18). The Bertz CT molecular complexity index is 224. The molecule has 6 heteroatoms. The fourth-order valence-corrected chi connectivity index (χ4v) is 1.42. The summed E-state index contributed by atoms with van der Waals surface area (Å²) >= 11 is 0. The van der Waals surface area contributed by atoms with E-state index in [1.807, 2.05) is 37.5 Å². The minimum atomic E-state index is -0.575. The van der Waals surface area contributed by atoms with E-state index in [0.29, 0.717) is 13.3 Å². The largest absolute Gasteiger partial charge is 0.335 e. The molecule has 106 valence electrons. The Morgan fingerprint density at radius 1 is 0.722 bits per heavy atom. The number of hydrogen-bond donors (Lipinski definition) is 2. The Kier molecular flexibility index (Phi) is 9.22. The molecule has 0 aromatic carbocycles. The van der Waals surface area contributed by atoms with Crippen LogP contribution in [0.25, 0.3) is 0 Å². The first-order valence-corrected chi connectivity index (χ1v) is 6.59. The number of nitrogens with one attached hydrogen (secondary N) is 2. The minimum Gasteiger partial charge on any atom is -0.335 e. The van der Waals surface area contributed by atoms with E-state index in [1.165, 1.54) is 0 Å². The molecule has 0 heterocycles. The lowest BCUT2D eigenvalue weighted by molar-refractivity contribution is -0.140. The van der Waals surface area contributed by atoms with E-state index >= 15 is 0 Å². The van der Waals surface area contributed by atoms with Crippen molar-refractivity contribution in [3.05, 3.63) is 0 Å². The predicted molar refractivity (Wildman–Crippen MR) is 71.9 cm³/mol. The van der Waals surface area contributed by atoms with Crippen molar-refractivity contribution < 1.29 is 9.59 Å². The highest BCUT2D eigenvalue weighted by Crippen LogP contribution is 1.84. The van der Waals surface area contributed by atoms with Crippen LogP contribution in [-0.2, 0) is 9.59 Å². The van der Waals surface area contributed by atoms with Gasteiger partial charge in [-0.05, 0) is 26.2 Å². The van der Waals surface area contributed by atoms with Crippen molar-refractivity contribution >= 4 is 11.8 Å². The van der Waals surface area contributed by atoms with E-state index in [9.17, 15) is 9.59 Å². The maximum Gasteiger partial charge on any atom is 0.310 e. The van der Waals surface area contributed by atoms with Crippen LogP contribution in [0.4, 0.5) is 0 Å². The van der Waals surface area contributed by atoms with Gasteiger partial charge in [-0.1, -0.05) is 27.7 Å². The topological polar surface area (TPSA) is 64.7 Å². The van der Waals surface area contributed by atoms with E-state index in [4.69, 9.17) is 0 Å². The third-order valence-corrected chi connectivity index (χ3v) is 2.92. The molecule has 0 aromatic rings. The summed E-state index contributed by atoms with van der Waals surface area (Å²) in [5.41, 5.74) is 0. The van der Waals surface area contributed by atoms with Gasteiger partial charge in [0.2, 0.25) is 0 Å². The van der Waals surface area contributed by atoms with Crippen molar-refractivity contribution in [2.75, 3.05) is 39.5 Å². The molecule has 0 aromatic heterocycles. The average Bonchev–Trinajstić information content (AvgIpc) is 2.40. The second-order valence-corrected chi connectivity index (χ2v) is 3.93. The van der Waals surface area contributed by atoms with Crippen LogP contribution in [0, 0.1) is 0 Å². The fourth-order valence-electron chi connectivity index (χ4n) is 1.42. The van der Waals surface area contributed by atoms with Gasteiger partial charge in [0.15, 0.2) is 0 Å². The highest BCUT2D eigenvalue weighted by molar-refractivity contribution is 6.35. The Hall–Kier alpha value is -1.14. The maximum absolute atomic E-state index is 11.5. The molecule has 0 bridgehead atoms. The summed E-state index contributed by atoms with van der Waals surface area (Å²) in [5, 5.41) is 5.20. The van der Waals surface area contributed by atoms with Crippen LogP contribution in [0.1, 0.15) is 27.7 Å². The van der Waals surface area contributed by atoms with Gasteiger partial charge in [-0.2, -0.15) is 0 Å². The smallest absolute Gasteiger partial charge is 0.310 e. The number of hydrogen-bond acceptors (Lipinski definition) is 4. The molecule has 0 aliphatic heterocycles. The van der Waals surface area contributed by atoms with Gasteiger partial charge in [0.25, 0.3) is 0 Å². The van der Waals surface area contributed by atoms with Crippen LogP contribution in [-0.4, -0.2) is 61.1 Å². The molecular formula is C12H26N4O2. The summed E-state index contributed by atoms with van der Waals surface area (Å²) in [6.45, 7) is 12.2. The quantitative estimate of drug-likeness (QED) is 0.468. The number of carbonyl (C=O) groups excluding carboxylic acids is 2. The molecule has 0 fully saturated rings. The van der Waals surface area contributed by atoms with Crippen LogP contribution in [0.3, 0.4) is 0 Å². The minimum absolute atomic E-state index is 0.407. The van der Waals surface area contributed by atoms with E-state index < -0.39 is 11.8 Å². The zero-order chi connectivity index (χ0) is 14.0. The Balaban J connectivity index is 3.92. The van der Waals surface area contributed by atoms with E-state index in [-0.39, 0.29) is 0 Å². The summed E-state index contributed by atoms with van der Waals surface area (Å²) in [6.07, 6.45) is 0. The van der Waals surface area contributed by atoms with Crippen molar-refractivity contribution in [3.8, 4) is 0 Å². The average molecular weight is 258 g/mol. The monoisotopic (exact) mass is 258 g/mol. The summed E-state index contributed by atoms with van der Waals surface area (Å²) in [6, 6.07) is 0. The van der Waals surface area contributed by atoms with Crippen LogP contribution < -0.4 is 10.6 Å². The van der Waals surface area contributed by atoms with Crippen molar-refractivity contribution in [1.29, 1.82) is 0 Å². The molecule has 18 heavy (non-hydrogen) atoms. The lowest BCUT2D eigenvalue weighted by Gasteiger charge is -2.20. The van der Waals surface area contributed by atoms with Crippen LogP contribution in [0.15, 0.2) is 0 Å². The molecule has 0 aliphatic rings. The molecule has 0 unspecified atom stereocenters. The van der Waals surface area contributed by atoms with Gasteiger partial charge in [-0.25, -0.2) is 0 Å². The van der Waals surface area contributed by atoms with Gasteiger partial charge in [0.05, 0.1) is 13.3 Å². The first-order chi connectivity index (χ1) is 8.58. The molecule has 0 aliphatic carbocycles. The normalized spacial score (nSPS) is 10.8. The van der Waals surface area contributed by atoms with Crippen molar-refractivity contribution in [1.82, 2.24) is 20.4 Å². The van der Waals surface area contributed by atoms with E-state index in [1.54, 1.807) is 0 Å². The van der Waals surface area contributed by atoms with Gasteiger partial charge in [0, 0.05) is 0 Å². The van der Waals surface area contributed by atoms with Crippen LogP contribution >= 0.6 is 0 Å². The maximum atomic E-state index is 11.5. The number of rotatable bonds is 8. The van der Waals surface area contributed by atoms with Gasteiger partial charge in [-0.3, -0.25) is 19.4 Å². The number of amides is 2. The second kappa shape index (κ2) is 9.85. The molecule has 0 spiro atoms. The molecule has 0 saturated carbocycles. The molecule has 0 rings (SSSR count). The Morgan fingerprint density at radius 2 is 1.00 bits per heavy atom. The highest BCUT2D eigenvalue weighted by atomic mass is 16.2. The van der Waals surface area contributed by atoms with Gasteiger partial charge in [-0.15, -0.1) is 0 Å². The first-order valence-electron chi connectivity index (χ1n) is 6.59. The second-order valence-electron chi connectivity index (χ2n) is 3.93. The summed E-state index contributed by atoms with van der Waals surface area (Å²) < 4.78 is 0.